The Morgan fingerprint density at radius 1 is 1.04 bits per heavy atom. The number of anilines is 1. The van der Waals surface area contributed by atoms with E-state index < -0.39 is 28.5 Å². The SMILES string of the molecule is Cc1cccc(C)c1NC(=O)COC(=O)CCNS(=O)(=O)c1ccc(Cl)cc1. The molecule has 2 aromatic rings. The van der Waals surface area contributed by atoms with E-state index in [0.29, 0.717) is 10.7 Å². The van der Waals surface area contributed by atoms with Crippen molar-refractivity contribution in [2.45, 2.75) is 25.2 Å². The number of esters is 1. The van der Waals surface area contributed by atoms with Gasteiger partial charge >= 0.3 is 5.97 Å². The number of hydrogen-bond donors (Lipinski definition) is 2. The van der Waals surface area contributed by atoms with Crippen LogP contribution in [0.3, 0.4) is 0 Å². The summed E-state index contributed by atoms with van der Waals surface area (Å²) < 4.78 is 31.4. The maximum Gasteiger partial charge on any atom is 0.307 e. The number of aryl methyl sites for hydroxylation is 2. The lowest BCUT2D eigenvalue weighted by Crippen LogP contribution is -2.28. The van der Waals surface area contributed by atoms with Crippen LogP contribution < -0.4 is 10.0 Å². The van der Waals surface area contributed by atoms with Gasteiger partial charge in [-0.1, -0.05) is 29.8 Å². The minimum atomic E-state index is -3.75. The lowest BCUT2D eigenvalue weighted by atomic mass is 10.1. The van der Waals surface area contributed by atoms with Gasteiger partial charge in [0.05, 0.1) is 11.3 Å². The molecule has 150 valence electrons. The van der Waals surface area contributed by atoms with E-state index in [9.17, 15) is 18.0 Å². The van der Waals surface area contributed by atoms with Crippen LogP contribution in [-0.2, 0) is 24.3 Å². The second kappa shape index (κ2) is 9.68. The van der Waals surface area contributed by atoms with Crippen molar-refractivity contribution in [3.8, 4) is 0 Å². The third-order valence-electron chi connectivity index (χ3n) is 3.85. The van der Waals surface area contributed by atoms with Gasteiger partial charge in [0.15, 0.2) is 6.61 Å². The van der Waals surface area contributed by atoms with Gasteiger partial charge in [0.1, 0.15) is 0 Å². The molecule has 0 radical (unpaired) electrons. The Morgan fingerprint density at radius 2 is 1.64 bits per heavy atom. The van der Waals surface area contributed by atoms with Crippen molar-refractivity contribution >= 4 is 39.2 Å². The Kier molecular flexibility index (Phi) is 7.56. The zero-order valence-corrected chi connectivity index (χ0v) is 17.1. The van der Waals surface area contributed by atoms with Crippen LogP contribution in [0.4, 0.5) is 5.69 Å². The first-order valence-electron chi connectivity index (χ1n) is 8.46. The third-order valence-corrected chi connectivity index (χ3v) is 5.58. The molecule has 0 saturated heterocycles. The molecule has 2 rings (SSSR count). The normalized spacial score (nSPS) is 11.1. The standard InChI is InChI=1S/C19H21ClN2O5S/c1-13-4-3-5-14(2)19(13)22-17(23)12-27-18(24)10-11-21-28(25,26)16-8-6-15(20)7-9-16/h3-9,21H,10-12H2,1-2H3,(H,22,23). The Labute approximate surface area is 169 Å². The number of nitrogens with one attached hydrogen (secondary N) is 2. The highest BCUT2D eigenvalue weighted by Gasteiger charge is 2.15. The van der Waals surface area contributed by atoms with E-state index in [1.807, 2.05) is 32.0 Å². The summed E-state index contributed by atoms with van der Waals surface area (Å²) in [5, 5.41) is 3.12. The Hall–Kier alpha value is -2.42. The number of carbonyl (C=O) groups excluding carboxylic acids is 2. The summed E-state index contributed by atoms with van der Waals surface area (Å²) in [5.41, 5.74) is 2.48. The number of rotatable bonds is 8. The molecule has 0 aliphatic heterocycles. The summed E-state index contributed by atoms with van der Waals surface area (Å²) >= 11 is 5.73. The molecule has 0 atom stereocenters. The molecule has 0 heterocycles. The molecule has 2 N–H and O–H groups in total. The lowest BCUT2D eigenvalue weighted by molar-refractivity contribution is -0.147. The van der Waals surface area contributed by atoms with Gasteiger partial charge in [-0.25, -0.2) is 13.1 Å². The van der Waals surface area contributed by atoms with Crippen molar-refractivity contribution in [2.24, 2.45) is 0 Å². The Balaban J connectivity index is 1.76. The Bertz CT molecular complexity index is 939. The number of para-hydroxylation sites is 1. The second-order valence-electron chi connectivity index (χ2n) is 6.08. The van der Waals surface area contributed by atoms with Crippen LogP contribution in [0.5, 0.6) is 0 Å². The molecule has 0 bridgehead atoms. The molecule has 9 heteroatoms. The first-order chi connectivity index (χ1) is 13.2. The molecular formula is C19H21ClN2O5S. The molecule has 1 amide bonds. The number of ether oxygens (including phenoxy) is 1. The molecule has 0 aliphatic carbocycles. The molecule has 0 spiro atoms. The molecule has 0 unspecified atom stereocenters. The third kappa shape index (κ3) is 6.33. The largest absolute Gasteiger partial charge is 0.456 e. The van der Waals surface area contributed by atoms with Gasteiger partial charge in [-0.05, 0) is 49.2 Å². The van der Waals surface area contributed by atoms with E-state index in [1.54, 1.807) is 0 Å². The molecule has 0 aromatic heterocycles. The fraction of sp³-hybridized carbons (Fsp3) is 0.263. The van der Waals surface area contributed by atoms with Gasteiger partial charge in [-0.15, -0.1) is 0 Å². The number of sulfonamides is 1. The van der Waals surface area contributed by atoms with Crippen molar-refractivity contribution in [2.75, 3.05) is 18.5 Å². The minimum Gasteiger partial charge on any atom is -0.456 e. The average molecular weight is 425 g/mol. The zero-order valence-electron chi connectivity index (χ0n) is 15.5. The fourth-order valence-electron chi connectivity index (χ4n) is 2.39. The molecule has 0 saturated carbocycles. The summed E-state index contributed by atoms with van der Waals surface area (Å²) in [7, 11) is -3.75. The van der Waals surface area contributed by atoms with Crippen molar-refractivity contribution in [3.63, 3.8) is 0 Å². The summed E-state index contributed by atoms with van der Waals surface area (Å²) in [6, 6.07) is 11.2. The first-order valence-corrected chi connectivity index (χ1v) is 10.3. The molecule has 0 fully saturated rings. The zero-order chi connectivity index (χ0) is 20.7. The summed E-state index contributed by atoms with van der Waals surface area (Å²) in [6.45, 7) is 3.13. The van der Waals surface area contributed by atoms with E-state index in [1.165, 1.54) is 24.3 Å². The van der Waals surface area contributed by atoms with E-state index in [-0.39, 0.29) is 17.9 Å². The highest BCUT2D eigenvalue weighted by Crippen LogP contribution is 2.19. The predicted octanol–water partition coefficient (Wildman–Crippen LogP) is 2.81. The van der Waals surface area contributed by atoms with Crippen LogP contribution in [0.25, 0.3) is 0 Å². The van der Waals surface area contributed by atoms with Gasteiger partial charge in [0, 0.05) is 17.3 Å². The molecule has 2 aromatic carbocycles. The van der Waals surface area contributed by atoms with Gasteiger partial charge in [0.2, 0.25) is 10.0 Å². The van der Waals surface area contributed by atoms with Crippen molar-refractivity contribution in [1.82, 2.24) is 4.72 Å². The monoisotopic (exact) mass is 424 g/mol. The first kappa shape index (κ1) is 21.9. The quantitative estimate of drug-likeness (QED) is 0.634. The average Bonchev–Trinajstić information content (AvgIpc) is 2.63. The lowest BCUT2D eigenvalue weighted by Gasteiger charge is -2.11. The number of carbonyl (C=O) groups is 2. The highest BCUT2D eigenvalue weighted by molar-refractivity contribution is 7.89. The Morgan fingerprint density at radius 3 is 2.25 bits per heavy atom. The smallest absolute Gasteiger partial charge is 0.307 e. The van der Waals surface area contributed by atoms with E-state index in [2.05, 4.69) is 10.0 Å². The van der Waals surface area contributed by atoms with Crippen molar-refractivity contribution < 1.29 is 22.7 Å². The second-order valence-corrected chi connectivity index (χ2v) is 8.28. The molecular weight excluding hydrogens is 404 g/mol. The van der Waals surface area contributed by atoms with E-state index in [0.717, 1.165) is 11.1 Å². The fourth-order valence-corrected chi connectivity index (χ4v) is 3.55. The number of hydrogen-bond acceptors (Lipinski definition) is 5. The topological polar surface area (TPSA) is 102 Å². The van der Waals surface area contributed by atoms with Gasteiger partial charge in [-0.3, -0.25) is 9.59 Å². The molecule has 7 nitrogen and oxygen atoms in total. The van der Waals surface area contributed by atoms with E-state index in [4.69, 9.17) is 16.3 Å². The number of halogens is 1. The number of benzene rings is 2. The van der Waals surface area contributed by atoms with E-state index >= 15 is 0 Å². The van der Waals surface area contributed by atoms with Crippen molar-refractivity contribution in [3.05, 3.63) is 58.6 Å². The summed E-state index contributed by atoms with van der Waals surface area (Å²) in [4.78, 5) is 23.7. The van der Waals surface area contributed by atoms with Crippen LogP contribution in [0.15, 0.2) is 47.4 Å². The van der Waals surface area contributed by atoms with Crippen LogP contribution in [0.2, 0.25) is 5.02 Å². The van der Waals surface area contributed by atoms with Crippen LogP contribution in [0, 0.1) is 13.8 Å². The van der Waals surface area contributed by atoms with Gasteiger partial charge in [-0.2, -0.15) is 0 Å². The minimum absolute atomic E-state index is 0.0400. The molecule has 0 aliphatic rings. The predicted molar refractivity (Wildman–Crippen MR) is 107 cm³/mol. The van der Waals surface area contributed by atoms with Crippen LogP contribution in [0.1, 0.15) is 17.5 Å². The maximum atomic E-state index is 12.1. The molecule has 28 heavy (non-hydrogen) atoms. The summed E-state index contributed by atoms with van der Waals surface area (Å²) in [5.74, 6) is -1.15. The van der Waals surface area contributed by atoms with Crippen molar-refractivity contribution in [1.29, 1.82) is 0 Å². The maximum absolute atomic E-state index is 12.1. The van der Waals surface area contributed by atoms with Crippen LogP contribution in [-0.4, -0.2) is 33.4 Å². The summed E-state index contributed by atoms with van der Waals surface area (Å²) in [6.07, 6.45) is -0.205. The highest BCUT2D eigenvalue weighted by atomic mass is 35.5. The van der Waals surface area contributed by atoms with Crippen LogP contribution >= 0.6 is 11.6 Å². The van der Waals surface area contributed by atoms with Gasteiger partial charge in [0.25, 0.3) is 5.91 Å². The van der Waals surface area contributed by atoms with Gasteiger partial charge < -0.3 is 10.1 Å². The number of amides is 1.